The predicted octanol–water partition coefficient (Wildman–Crippen LogP) is 3.21. The maximum atomic E-state index is 12.4. The van der Waals surface area contributed by atoms with E-state index in [0.29, 0.717) is 6.04 Å². The van der Waals surface area contributed by atoms with Crippen LogP contribution in [-0.4, -0.2) is 26.9 Å². The second kappa shape index (κ2) is 6.81. The van der Waals surface area contributed by atoms with Gasteiger partial charge in [-0.3, -0.25) is 14.1 Å². The van der Waals surface area contributed by atoms with E-state index in [0.717, 1.165) is 36.4 Å². The van der Waals surface area contributed by atoms with Gasteiger partial charge in [-0.2, -0.15) is 0 Å². The third kappa shape index (κ3) is 3.35. The zero-order valence-corrected chi connectivity index (χ0v) is 14.6. The van der Waals surface area contributed by atoms with Crippen LogP contribution in [0.2, 0.25) is 0 Å². The van der Waals surface area contributed by atoms with Crippen molar-refractivity contribution < 1.29 is 0 Å². The van der Waals surface area contributed by atoms with Crippen LogP contribution < -0.4 is 5.56 Å². The third-order valence-corrected chi connectivity index (χ3v) is 5.12. The number of likely N-dealkylation sites (tertiary alicyclic amines) is 1. The summed E-state index contributed by atoms with van der Waals surface area (Å²) in [6, 6.07) is 16.8. The first kappa shape index (κ1) is 16.0. The standard InChI is InChI=1S/C21H23N3O/c1-16-7-5-12-24-20(25)14-18(22-21(16)24)15-23-11-6-10-19(23)13-17-8-3-2-4-9-17/h2-5,7-9,12,14,19H,6,10-11,13,15H2,1H3. The summed E-state index contributed by atoms with van der Waals surface area (Å²) in [6.07, 6.45) is 5.27. The van der Waals surface area contributed by atoms with E-state index in [9.17, 15) is 4.79 Å². The number of fused-ring (bicyclic) bond motifs is 1. The van der Waals surface area contributed by atoms with E-state index in [4.69, 9.17) is 4.98 Å². The van der Waals surface area contributed by atoms with Crippen molar-refractivity contribution in [2.75, 3.05) is 6.54 Å². The average Bonchev–Trinajstić information content (AvgIpc) is 3.04. The summed E-state index contributed by atoms with van der Waals surface area (Å²) < 4.78 is 1.63. The zero-order valence-electron chi connectivity index (χ0n) is 14.6. The van der Waals surface area contributed by atoms with Crippen molar-refractivity contribution in [3.8, 4) is 0 Å². The van der Waals surface area contributed by atoms with Crippen LogP contribution in [0.15, 0.2) is 59.5 Å². The van der Waals surface area contributed by atoms with Crippen LogP contribution in [0.25, 0.3) is 5.65 Å². The second-order valence-electron chi connectivity index (χ2n) is 6.93. The maximum absolute atomic E-state index is 12.4. The summed E-state index contributed by atoms with van der Waals surface area (Å²) in [5.41, 5.74) is 4.05. The van der Waals surface area contributed by atoms with Gasteiger partial charge in [0.1, 0.15) is 5.65 Å². The minimum atomic E-state index is 0.00232. The van der Waals surface area contributed by atoms with E-state index in [1.807, 2.05) is 19.1 Å². The Hall–Kier alpha value is -2.46. The van der Waals surface area contributed by atoms with Crippen LogP contribution in [0.4, 0.5) is 0 Å². The lowest BCUT2D eigenvalue weighted by Gasteiger charge is -2.24. The van der Waals surface area contributed by atoms with Gasteiger partial charge in [0.25, 0.3) is 5.56 Å². The molecule has 0 saturated carbocycles. The molecule has 1 atom stereocenters. The molecule has 4 nitrogen and oxygen atoms in total. The molecule has 0 spiro atoms. The molecule has 0 N–H and O–H groups in total. The van der Waals surface area contributed by atoms with Gasteiger partial charge in [0.05, 0.1) is 5.69 Å². The SMILES string of the molecule is Cc1cccn2c(=O)cc(CN3CCCC3Cc3ccccc3)nc12. The molecule has 25 heavy (non-hydrogen) atoms. The van der Waals surface area contributed by atoms with Gasteiger partial charge in [0.2, 0.25) is 0 Å². The average molecular weight is 333 g/mol. The fourth-order valence-electron chi connectivity index (χ4n) is 3.82. The highest BCUT2D eigenvalue weighted by molar-refractivity contribution is 5.46. The molecule has 1 aliphatic heterocycles. The van der Waals surface area contributed by atoms with Crippen molar-refractivity contribution in [1.29, 1.82) is 0 Å². The smallest absolute Gasteiger partial charge is 0.258 e. The third-order valence-electron chi connectivity index (χ3n) is 5.12. The van der Waals surface area contributed by atoms with Crippen LogP contribution in [0.5, 0.6) is 0 Å². The molecule has 4 heteroatoms. The van der Waals surface area contributed by atoms with Crippen molar-refractivity contribution in [2.45, 2.75) is 38.8 Å². The van der Waals surface area contributed by atoms with E-state index < -0.39 is 0 Å². The van der Waals surface area contributed by atoms with Crippen LogP contribution >= 0.6 is 0 Å². The molecule has 0 radical (unpaired) electrons. The van der Waals surface area contributed by atoms with Crippen molar-refractivity contribution >= 4 is 5.65 Å². The van der Waals surface area contributed by atoms with E-state index in [-0.39, 0.29) is 5.56 Å². The van der Waals surface area contributed by atoms with E-state index in [2.05, 4.69) is 35.2 Å². The van der Waals surface area contributed by atoms with E-state index in [1.54, 1.807) is 16.7 Å². The fraction of sp³-hybridized carbons (Fsp3) is 0.333. The minimum Gasteiger partial charge on any atom is -0.294 e. The molecule has 0 amide bonds. The Labute approximate surface area is 147 Å². The molecule has 1 fully saturated rings. The van der Waals surface area contributed by atoms with Gasteiger partial charge in [-0.25, -0.2) is 4.98 Å². The Bertz CT molecular complexity index is 933. The largest absolute Gasteiger partial charge is 0.294 e. The Kier molecular flexibility index (Phi) is 4.36. The number of hydrogen-bond acceptors (Lipinski definition) is 3. The fourth-order valence-corrected chi connectivity index (χ4v) is 3.82. The van der Waals surface area contributed by atoms with Gasteiger partial charge in [0.15, 0.2) is 0 Å². The number of benzene rings is 1. The van der Waals surface area contributed by atoms with Crippen molar-refractivity contribution in [1.82, 2.24) is 14.3 Å². The van der Waals surface area contributed by atoms with Crippen molar-refractivity contribution in [3.05, 3.63) is 81.9 Å². The Morgan fingerprint density at radius 2 is 2.00 bits per heavy atom. The lowest BCUT2D eigenvalue weighted by molar-refractivity contribution is 0.241. The Morgan fingerprint density at radius 3 is 2.84 bits per heavy atom. The van der Waals surface area contributed by atoms with Crippen LogP contribution in [0, 0.1) is 6.92 Å². The molecule has 1 saturated heterocycles. The van der Waals surface area contributed by atoms with Gasteiger partial charge in [0, 0.05) is 24.8 Å². The van der Waals surface area contributed by atoms with E-state index in [1.165, 1.54) is 18.4 Å². The number of pyridine rings is 1. The van der Waals surface area contributed by atoms with Gasteiger partial charge in [-0.1, -0.05) is 36.4 Å². The lowest BCUT2D eigenvalue weighted by Crippen LogP contribution is -2.31. The van der Waals surface area contributed by atoms with Crippen LogP contribution in [0.3, 0.4) is 0 Å². The molecule has 3 aromatic rings. The molecule has 3 heterocycles. The van der Waals surface area contributed by atoms with Crippen molar-refractivity contribution in [3.63, 3.8) is 0 Å². The van der Waals surface area contributed by atoms with Crippen molar-refractivity contribution in [2.24, 2.45) is 0 Å². The normalized spacial score (nSPS) is 18.0. The second-order valence-corrected chi connectivity index (χ2v) is 6.93. The molecule has 0 aliphatic carbocycles. The van der Waals surface area contributed by atoms with Gasteiger partial charge in [-0.15, -0.1) is 0 Å². The molecule has 4 rings (SSSR count). The Balaban J connectivity index is 1.58. The van der Waals surface area contributed by atoms with Crippen LogP contribution in [-0.2, 0) is 13.0 Å². The Morgan fingerprint density at radius 1 is 1.16 bits per heavy atom. The molecule has 2 aromatic heterocycles. The number of aryl methyl sites for hydroxylation is 1. The maximum Gasteiger partial charge on any atom is 0.258 e. The number of rotatable bonds is 4. The molecule has 1 unspecified atom stereocenters. The number of hydrogen-bond donors (Lipinski definition) is 0. The molecular weight excluding hydrogens is 310 g/mol. The van der Waals surface area contributed by atoms with Crippen LogP contribution in [0.1, 0.15) is 29.7 Å². The predicted molar refractivity (Wildman–Crippen MR) is 99.8 cm³/mol. The lowest BCUT2D eigenvalue weighted by atomic mass is 10.0. The summed E-state index contributed by atoms with van der Waals surface area (Å²) in [5, 5.41) is 0. The first-order valence-corrected chi connectivity index (χ1v) is 8.96. The molecule has 128 valence electrons. The van der Waals surface area contributed by atoms with Gasteiger partial charge < -0.3 is 0 Å². The molecular formula is C21H23N3O. The molecule has 1 aromatic carbocycles. The summed E-state index contributed by atoms with van der Waals surface area (Å²) >= 11 is 0. The first-order chi connectivity index (χ1) is 12.2. The summed E-state index contributed by atoms with van der Waals surface area (Å²) in [7, 11) is 0. The highest BCUT2D eigenvalue weighted by Gasteiger charge is 2.25. The van der Waals surface area contributed by atoms with E-state index >= 15 is 0 Å². The number of aromatic nitrogens is 2. The van der Waals surface area contributed by atoms with Gasteiger partial charge in [-0.05, 0) is 49.9 Å². The number of nitrogens with zero attached hydrogens (tertiary/aromatic N) is 3. The summed E-state index contributed by atoms with van der Waals surface area (Å²) in [5.74, 6) is 0. The molecule has 0 bridgehead atoms. The first-order valence-electron chi connectivity index (χ1n) is 8.96. The topological polar surface area (TPSA) is 37.6 Å². The monoisotopic (exact) mass is 333 g/mol. The zero-order chi connectivity index (χ0) is 17.2. The van der Waals surface area contributed by atoms with Gasteiger partial charge >= 0.3 is 0 Å². The summed E-state index contributed by atoms with van der Waals surface area (Å²) in [6.45, 7) is 3.82. The summed E-state index contributed by atoms with van der Waals surface area (Å²) in [4.78, 5) is 19.6. The quantitative estimate of drug-likeness (QED) is 0.736. The molecule has 1 aliphatic rings. The minimum absolute atomic E-state index is 0.00232. The highest BCUT2D eigenvalue weighted by atomic mass is 16.1. The highest BCUT2D eigenvalue weighted by Crippen LogP contribution is 2.23.